The second-order valence-electron chi connectivity index (χ2n) is 4.54. The molecule has 0 aliphatic heterocycles. The third kappa shape index (κ3) is 2.86. The summed E-state index contributed by atoms with van der Waals surface area (Å²) in [6.45, 7) is 2.00. The Morgan fingerprint density at radius 2 is 2.26 bits per heavy atom. The second-order valence-corrected chi connectivity index (χ2v) is 4.54. The van der Waals surface area contributed by atoms with Gasteiger partial charge in [-0.25, -0.2) is 0 Å². The highest BCUT2D eigenvalue weighted by molar-refractivity contribution is 5.99. The smallest absolute Gasteiger partial charge is 0.325 e. The third-order valence-electron chi connectivity index (χ3n) is 3.02. The van der Waals surface area contributed by atoms with Crippen molar-refractivity contribution in [1.82, 2.24) is 14.7 Å². The molecule has 1 aromatic heterocycles. The summed E-state index contributed by atoms with van der Waals surface area (Å²) in [7, 11) is 1.65. The van der Waals surface area contributed by atoms with Crippen LogP contribution in [-0.4, -0.2) is 45.8 Å². The maximum Gasteiger partial charge on any atom is 0.325 e. The number of nitrogen functional groups attached to an aromatic ring is 1. The number of nitrogens with two attached hydrogens (primary N) is 1. The van der Waals surface area contributed by atoms with Crippen molar-refractivity contribution in [2.45, 2.75) is 25.8 Å². The lowest BCUT2D eigenvalue weighted by molar-refractivity contribution is -0.144. The molecule has 1 heterocycles. The van der Waals surface area contributed by atoms with Crippen LogP contribution in [0.1, 0.15) is 30.3 Å². The largest absolute Gasteiger partial charge is 0.465 e. The van der Waals surface area contributed by atoms with Crippen molar-refractivity contribution < 1.29 is 14.3 Å². The van der Waals surface area contributed by atoms with E-state index in [9.17, 15) is 9.59 Å². The predicted octanol–water partition coefficient (Wildman–Crippen LogP) is 0.170. The Kier molecular flexibility index (Phi) is 3.73. The Morgan fingerprint density at radius 3 is 2.74 bits per heavy atom. The standard InChI is InChI=1S/C12H18N4O3/c1-3-19-10(17)7-16(8-4-5-8)12(18)11-9(13)6-14-15(11)2/h6,8H,3-5,7,13H2,1-2H3. The topological polar surface area (TPSA) is 90.4 Å². The molecule has 0 saturated heterocycles. The SMILES string of the molecule is CCOC(=O)CN(C(=O)c1c(N)cnn1C)C1CC1. The van der Waals surface area contributed by atoms with Gasteiger partial charge in [0.05, 0.1) is 18.5 Å². The van der Waals surface area contributed by atoms with E-state index >= 15 is 0 Å². The molecule has 7 nitrogen and oxygen atoms in total. The van der Waals surface area contributed by atoms with Crippen LogP contribution in [0.25, 0.3) is 0 Å². The number of rotatable bonds is 5. The van der Waals surface area contributed by atoms with E-state index < -0.39 is 5.97 Å². The first-order chi connectivity index (χ1) is 9.04. The Bertz CT molecular complexity index is 474. The molecule has 2 rings (SSSR count). The first kappa shape index (κ1) is 13.4. The highest BCUT2D eigenvalue weighted by Crippen LogP contribution is 2.29. The molecule has 1 saturated carbocycles. The van der Waals surface area contributed by atoms with Crippen molar-refractivity contribution in [2.24, 2.45) is 7.05 Å². The van der Waals surface area contributed by atoms with Crippen LogP contribution in [0.15, 0.2) is 6.20 Å². The zero-order valence-corrected chi connectivity index (χ0v) is 11.1. The lowest BCUT2D eigenvalue weighted by atomic mass is 10.3. The molecule has 1 aliphatic carbocycles. The van der Waals surface area contributed by atoms with Gasteiger partial charge in [0.2, 0.25) is 0 Å². The van der Waals surface area contributed by atoms with E-state index in [1.807, 2.05) is 0 Å². The van der Waals surface area contributed by atoms with Crippen molar-refractivity contribution in [1.29, 1.82) is 0 Å². The van der Waals surface area contributed by atoms with Crippen LogP contribution in [0.2, 0.25) is 0 Å². The minimum atomic E-state index is -0.400. The number of hydrogen-bond acceptors (Lipinski definition) is 5. The number of carbonyl (C=O) groups is 2. The predicted molar refractivity (Wildman–Crippen MR) is 68.3 cm³/mol. The van der Waals surface area contributed by atoms with Crippen LogP contribution in [0.4, 0.5) is 5.69 Å². The zero-order valence-electron chi connectivity index (χ0n) is 11.1. The second kappa shape index (κ2) is 5.29. The Hall–Kier alpha value is -2.05. The van der Waals surface area contributed by atoms with Crippen LogP contribution in [0.3, 0.4) is 0 Å². The normalized spacial score (nSPS) is 14.2. The maximum absolute atomic E-state index is 12.4. The lowest BCUT2D eigenvalue weighted by Crippen LogP contribution is -2.39. The fourth-order valence-electron chi connectivity index (χ4n) is 1.95. The summed E-state index contributed by atoms with van der Waals surface area (Å²) >= 11 is 0. The average molecular weight is 266 g/mol. The number of aryl methyl sites for hydroxylation is 1. The molecule has 1 amide bonds. The number of esters is 1. The molecule has 2 N–H and O–H groups in total. The van der Waals surface area contributed by atoms with E-state index in [0.29, 0.717) is 18.0 Å². The van der Waals surface area contributed by atoms with Crippen LogP contribution in [0, 0.1) is 0 Å². The first-order valence-electron chi connectivity index (χ1n) is 6.28. The first-order valence-corrected chi connectivity index (χ1v) is 6.28. The summed E-state index contributed by atoms with van der Waals surface area (Å²) < 4.78 is 6.32. The molecule has 104 valence electrons. The quantitative estimate of drug-likeness (QED) is 0.767. The van der Waals surface area contributed by atoms with Crippen molar-refractivity contribution >= 4 is 17.6 Å². The minimum absolute atomic E-state index is 0.0397. The summed E-state index contributed by atoms with van der Waals surface area (Å²) in [5, 5.41) is 3.94. The Balaban J connectivity index is 2.15. The molecule has 7 heteroatoms. The number of aromatic nitrogens is 2. The fourth-order valence-corrected chi connectivity index (χ4v) is 1.95. The van der Waals surface area contributed by atoms with Gasteiger partial charge in [0.15, 0.2) is 0 Å². The molecular formula is C12H18N4O3. The van der Waals surface area contributed by atoms with Crippen LogP contribution in [0.5, 0.6) is 0 Å². The Morgan fingerprint density at radius 1 is 1.58 bits per heavy atom. The molecule has 19 heavy (non-hydrogen) atoms. The van der Waals surface area contributed by atoms with Gasteiger partial charge in [0.25, 0.3) is 5.91 Å². The highest BCUT2D eigenvalue weighted by Gasteiger charge is 2.36. The Labute approximate surface area is 111 Å². The van der Waals surface area contributed by atoms with Gasteiger partial charge < -0.3 is 15.4 Å². The summed E-state index contributed by atoms with van der Waals surface area (Å²) in [5.41, 5.74) is 6.38. The summed E-state index contributed by atoms with van der Waals surface area (Å²) in [4.78, 5) is 25.5. The van der Waals surface area contributed by atoms with Gasteiger partial charge in [-0.3, -0.25) is 14.3 Å². The number of anilines is 1. The van der Waals surface area contributed by atoms with E-state index in [4.69, 9.17) is 10.5 Å². The van der Waals surface area contributed by atoms with Gasteiger partial charge in [-0.1, -0.05) is 0 Å². The molecule has 0 aromatic carbocycles. The maximum atomic E-state index is 12.4. The van der Waals surface area contributed by atoms with Gasteiger partial charge in [-0.2, -0.15) is 5.10 Å². The van der Waals surface area contributed by atoms with Crippen molar-refractivity contribution in [3.05, 3.63) is 11.9 Å². The van der Waals surface area contributed by atoms with E-state index in [2.05, 4.69) is 5.10 Å². The highest BCUT2D eigenvalue weighted by atomic mass is 16.5. The van der Waals surface area contributed by atoms with Crippen LogP contribution < -0.4 is 5.73 Å². The van der Waals surface area contributed by atoms with Gasteiger partial charge in [0, 0.05) is 13.1 Å². The molecule has 0 bridgehead atoms. The molecule has 1 aromatic rings. The fraction of sp³-hybridized carbons (Fsp3) is 0.583. The van der Waals surface area contributed by atoms with Crippen LogP contribution in [-0.2, 0) is 16.6 Å². The summed E-state index contributed by atoms with van der Waals surface area (Å²) in [5.74, 6) is -0.670. The van der Waals surface area contributed by atoms with Gasteiger partial charge in [-0.05, 0) is 19.8 Å². The van der Waals surface area contributed by atoms with E-state index in [1.54, 1.807) is 14.0 Å². The minimum Gasteiger partial charge on any atom is -0.465 e. The van der Waals surface area contributed by atoms with Gasteiger partial charge >= 0.3 is 5.97 Å². The number of hydrogen-bond donors (Lipinski definition) is 1. The summed E-state index contributed by atoms with van der Waals surface area (Å²) in [6, 6.07) is 0.103. The van der Waals surface area contributed by atoms with Gasteiger partial charge in [-0.15, -0.1) is 0 Å². The molecule has 0 unspecified atom stereocenters. The van der Waals surface area contributed by atoms with Gasteiger partial charge in [0.1, 0.15) is 12.2 Å². The van der Waals surface area contributed by atoms with Crippen molar-refractivity contribution in [3.8, 4) is 0 Å². The van der Waals surface area contributed by atoms with Crippen LogP contribution >= 0.6 is 0 Å². The third-order valence-corrected chi connectivity index (χ3v) is 3.02. The molecule has 0 radical (unpaired) electrons. The average Bonchev–Trinajstić information content (AvgIpc) is 3.13. The monoisotopic (exact) mass is 266 g/mol. The zero-order chi connectivity index (χ0) is 14.0. The summed E-state index contributed by atoms with van der Waals surface area (Å²) in [6.07, 6.45) is 3.24. The molecule has 0 atom stereocenters. The number of nitrogens with zero attached hydrogens (tertiary/aromatic N) is 3. The molecule has 1 fully saturated rings. The van der Waals surface area contributed by atoms with Crippen molar-refractivity contribution in [3.63, 3.8) is 0 Å². The van der Waals surface area contributed by atoms with E-state index in [1.165, 1.54) is 15.8 Å². The molecular weight excluding hydrogens is 248 g/mol. The number of carbonyl (C=O) groups excluding carboxylic acids is 2. The molecule has 0 spiro atoms. The molecule has 1 aliphatic rings. The van der Waals surface area contributed by atoms with E-state index in [-0.39, 0.29) is 18.5 Å². The van der Waals surface area contributed by atoms with E-state index in [0.717, 1.165) is 12.8 Å². The lowest BCUT2D eigenvalue weighted by Gasteiger charge is -2.21. The van der Waals surface area contributed by atoms with Crippen molar-refractivity contribution in [2.75, 3.05) is 18.9 Å². The number of amides is 1. The number of ether oxygens (including phenoxy) is 1.